The lowest BCUT2D eigenvalue weighted by molar-refractivity contribution is -0.121. The topological polar surface area (TPSA) is 97.1 Å². The smallest absolute Gasteiger partial charge is 0.358 e. The number of carbonyl (C=O) groups is 2. The molecule has 0 aliphatic rings. The Balaban J connectivity index is 1.76. The van der Waals surface area contributed by atoms with Gasteiger partial charge in [0, 0.05) is 6.54 Å². The van der Waals surface area contributed by atoms with Crippen molar-refractivity contribution in [1.29, 1.82) is 0 Å². The summed E-state index contributed by atoms with van der Waals surface area (Å²) in [6.07, 6.45) is 1.96. The van der Waals surface area contributed by atoms with E-state index in [2.05, 4.69) is 15.6 Å². The van der Waals surface area contributed by atoms with Gasteiger partial charge in [-0.15, -0.1) is 5.10 Å². The molecule has 0 aliphatic heterocycles. The number of rotatable bonds is 6. The predicted molar refractivity (Wildman–Crippen MR) is 74.9 cm³/mol. The number of carboxylic acid groups (broad SMARTS) is 1. The lowest BCUT2D eigenvalue weighted by Gasteiger charge is -2.05. The van der Waals surface area contributed by atoms with Gasteiger partial charge in [0.2, 0.25) is 5.91 Å². The van der Waals surface area contributed by atoms with Gasteiger partial charge in [-0.05, 0) is 18.9 Å². The predicted octanol–water partition coefficient (Wildman–Crippen LogP) is 0.644. The summed E-state index contributed by atoms with van der Waals surface area (Å²) in [6.45, 7) is 2.49. The van der Waals surface area contributed by atoms with Crippen molar-refractivity contribution in [3.63, 3.8) is 0 Å². The minimum absolute atomic E-state index is 0.0474. The second kappa shape index (κ2) is 6.65. The van der Waals surface area contributed by atoms with Crippen molar-refractivity contribution in [1.82, 2.24) is 20.3 Å². The molecule has 0 bridgehead atoms. The third-order valence-corrected chi connectivity index (χ3v) is 2.92. The van der Waals surface area contributed by atoms with Crippen molar-refractivity contribution >= 4 is 11.9 Å². The average Bonchev–Trinajstić information content (AvgIpc) is 2.90. The minimum atomic E-state index is -1.17. The van der Waals surface area contributed by atoms with E-state index < -0.39 is 5.97 Å². The van der Waals surface area contributed by atoms with Gasteiger partial charge in [-0.3, -0.25) is 4.79 Å². The lowest BCUT2D eigenvalue weighted by Crippen LogP contribution is -2.29. The summed E-state index contributed by atoms with van der Waals surface area (Å²) < 4.78 is 1.20. The summed E-state index contributed by atoms with van der Waals surface area (Å²) in [6, 6.07) is 8.11. The first kappa shape index (κ1) is 14.7. The number of hydrogen-bond donors (Lipinski definition) is 2. The highest BCUT2D eigenvalue weighted by atomic mass is 16.4. The van der Waals surface area contributed by atoms with Crippen LogP contribution in [0.5, 0.6) is 0 Å². The third kappa shape index (κ3) is 4.41. The molecule has 0 radical (unpaired) electrons. The van der Waals surface area contributed by atoms with Crippen LogP contribution in [-0.2, 0) is 17.8 Å². The maximum Gasteiger partial charge on any atom is 0.358 e. The zero-order valence-corrected chi connectivity index (χ0v) is 11.6. The first-order valence-corrected chi connectivity index (χ1v) is 6.50. The Morgan fingerprint density at radius 2 is 2.00 bits per heavy atom. The molecule has 2 N–H and O–H groups in total. The van der Waals surface area contributed by atoms with Crippen molar-refractivity contribution in [2.24, 2.45) is 0 Å². The zero-order chi connectivity index (χ0) is 15.2. The van der Waals surface area contributed by atoms with Crippen LogP contribution < -0.4 is 5.32 Å². The van der Waals surface area contributed by atoms with Crippen LogP contribution in [0.3, 0.4) is 0 Å². The molecule has 1 heterocycles. The molecule has 1 amide bonds. The molecule has 1 aromatic carbocycles. The molecular weight excluding hydrogens is 272 g/mol. The molecule has 0 aliphatic carbocycles. The van der Waals surface area contributed by atoms with Gasteiger partial charge in [-0.2, -0.15) is 0 Å². The summed E-state index contributed by atoms with van der Waals surface area (Å²) in [4.78, 5) is 22.3. The maximum absolute atomic E-state index is 11.7. The minimum Gasteiger partial charge on any atom is -0.476 e. The Labute approximate surface area is 121 Å². The molecular formula is C14H16N4O3. The molecule has 1 aromatic heterocycles. The van der Waals surface area contributed by atoms with Crippen molar-refractivity contribution in [3.8, 4) is 0 Å². The quantitative estimate of drug-likeness (QED) is 0.813. The van der Waals surface area contributed by atoms with Crippen LogP contribution in [0.15, 0.2) is 30.5 Å². The standard InChI is InChI=1S/C14H16N4O3/c1-10-2-4-11(5-3-10)6-7-15-13(19)9-18-8-12(14(20)21)16-17-18/h2-5,8H,6-7,9H2,1H3,(H,15,19)(H,20,21). The number of amides is 1. The summed E-state index contributed by atoms with van der Waals surface area (Å²) >= 11 is 0. The Morgan fingerprint density at radius 3 is 2.62 bits per heavy atom. The number of hydrogen-bond acceptors (Lipinski definition) is 4. The summed E-state index contributed by atoms with van der Waals surface area (Å²) in [5.74, 6) is -1.40. The van der Waals surface area contributed by atoms with E-state index in [0.29, 0.717) is 6.54 Å². The van der Waals surface area contributed by atoms with Gasteiger partial charge >= 0.3 is 5.97 Å². The third-order valence-electron chi connectivity index (χ3n) is 2.92. The van der Waals surface area contributed by atoms with E-state index in [9.17, 15) is 9.59 Å². The number of benzene rings is 1. The van der Waals surface area contributed by atoms with E-state index in [-0.39, 0.29) is 18.1 Å². The maximum atomic E-state index is 11.7. The molecule has 0 saturated carbocycles. The highest BCUT2D eigenvalue weighted by Crippen LogP contribution is 2.03. The Morgan fingerprint density at radius 1 is 1.29 bits per heavy atom. The van der Waals surface area contributed by atoms with E-state index >= 15 is 0 Å². The van der Waals surface area contributed by atoms with Gasteiger partial charge in [0.15, 0.2) is 5.69 Å². The molecule has 0 fully saturated rings. The number of aryl methyl sites for hydroxylation is 1. The van der Waals surface area contributed by atoms with E-state index in [4.69, 9.17) is 5.11 Å². The van der Waals surface area contributed by atoms with Crippen molar-refractivity contribution in [2.75, 3.05) is 6.54 Å². The zero-order valence-electron chi connectivity index (χ0n) is 11.6. The van der Waals surface area contributed by atoms with Crippen LogP contribution in [0, 0.1) is 6.92 Å². The van der Waals surface area contributed by atoms with Gasteiger partial charge in [0.05, 0.1) is 6.20 Å². The van der Waals surface area contributed by atoms with Gasteiger partial charge in [0.1, 0.15) is 6.54 Å². The highest BCUT2D eigenvalue weighted by molar-refractivity contribution is 5.84. The van der Waals surface area contributed by atoms with E-state index in [1.807, 2.05) is 31.2 Å². The Hall–Kier alpha value is -2.70. The number of aromatic nitrogens is 3. The molecule has 7 nitrogen and oxygen atoms in total. The van der Waals surface area contributed by atoms with E-state index in [1.165, 1.54) is 16.4 Å². The second-order valence-corrected chi connectivity index (χ2v) is 4.69. The number of carbonyl (C=O) groups excluding carboxylic acids is 1. The fourth-order valence-corrected chi connectivity index (χ4v) is 1.78. The largest absolute Gasteiger partial charge is 0.476 e. The second-order valence-electron chi connectivity index (χ2n) is 4.69. The first-order chi connectivity index (χ1) is 10.0. The fraction of sp³-hybridized carbons (Fsp3) is 0.286. The van der Waals surface area contributed by atoms with Crippen LogP contribution in [0.1, 0.15) is 21.6 Å². The number of carboxylic acids is 1. The summed E-state index contributed by atoms with van der Waals surface area (Å²) in [7, 11) is 0. The first-order valence-electron chi connectivity index (χ1n) is 6.50. The molecule has 110 valence electrons. The van der Waals surface area contributed by atoms with Gasteiger partial charge in [0.25, 0.3) is 0 Å². The van der Waals surface area contributed by atoms with E-state index in [1.54, 1.807) is 0 Å². The highest BCUT2D eigenvalue weighted by Gasteiger charge is 2.10. The number of nitrogens with zero attached hydrogens (tertiary/aromatic N) is 3. The Bertz CT molecular complexity index is 634. The lowest BCUT2D eigenvalue weighted by atomic mass is 10.1. The summed E-state index contributed by atoms with van der Waals surface area (Å²) in [5.41, 5.74) is 2.17. The van der Waals surface area contributed by atoms with Crippen LogP contribution in [0.25, 0.3) is 0 Å². The molecule has 0 saturated heterocycles. The van der Waals surface area contributed by atoms with Crippen LogP contribution in [0.2, 0.25) is 0 Å². The van der Waals surface area contributed by atoms with Gasteiger partial charge < -0.3 is 10.4 Å². The van der Waals surface area contributed by atoms with Crippen LogP contribution in [-0.4, -0.2) is 38.5 Å². The van der Waals surface area contributed by atoms with Crippen molar-refractivity contribution in [2.45, 2.75) is 19.9 Å². The number of aromatic carboxylic acids is 1. The number of nitrogens with one attached hydrogen (secondary N) is 1. The molecule has 7 heteroatoms. The summed E-state index contributed by atoms with van der Waals surface area (Å²) in [5, 5.41) is 18.5. The van der Waals surface area contributed by atoms with Gasteiger partial charge in [-0.1, -0.05) is 35.0 Å². The van der Waals surface area contributed by atoms with E-state index in [0.717, 1.165) is 12.0 Å². The van der Waals surface area contributed by atoms with Crippen LogP contribution in [0.4, 0.5) is 0 Å². The average molecular weight is 288 g/mol. The van der Waals surface area contributed by atoms with Crippen LogP contribution >= 0.6 is 0 Å². The van der Waals surface area contributed by atoms with Gasteiger partial charge in [-0.25, -0.2) is 9.48 Å². The van der Waals surface area contributed by atoms with Crippen molar-refractivity contribution < 1.29 is 14.7 Å². The molecule has 21 heavy (non-hydrogen) atoms. The molecule has 0 atom stereocenters. The monoisotopic (exact) mass is 288 g/mol. The molecule has 0 spiro atoms. The van der Waals surface area contributed by atoms with Crippen molar-refractivity contribution in [3.05, 3.63) is 47.3 Å². The molecule has 2 rings (SSSR count). The molecule has 0 unspecified atom stereocenters. The molecule has 2 aromatic rings. The normalized spacial score (nSPS) is 10.3. The SMILES string of the molecule is Cc1ccc(CCNC(=O)Cn2cc(C(=O)O)nn2)cc1. The fourth-order valence-electron chi connectivity index (χ4n) is 1.78. The Kier molecular flexibility index (Phi) is 4.65.